The molecule has 0 saturated carbocycles. The minimum absolute atomic E-state index is 0.124. The third kappa shape index (κ3) is 4.81. The fourth-order valence-corrected chi connectivity index (χ4v) is 3.15. The van der Waals surface area contributed by atoms with E-state index in [1.807, 2.05) is 12.1 Å². The molecule has 0 spiro atoms. The molecule has 0 aliphatic carbocycles. The summed E-state index contributed by atoms with van der Waals surface area (Å²) in [6.07, 6.45) is 1.11. The number of hydrogen-bond acceptors (Lipinski definition) is 4. The average molecular weight is 347 g/mol. The summed E-state index contributed by atoms with van der Waals surface area (Å²) >= 11 is 0. The first-order valence-electron chi connectivity index (χ1n) is 7.66. The Kier molecular flexibility index (Phi) is 5.94. The van der Waals surface area contributed by atoms with Crippen molar-refractivity contribution in [2.45, 2.75) is 24.7 Å². The zero-order valence-electron chi connectivity index (χ0n) is 13.5. The van der Waals surface area contributed by atoms with Gasteiger partial charge in [0.1, 0.15) is 0 Å². The Hall–Kier alpha value is -2.38. The lowest BCUT2D eigenvalue weighted by Gasteiger charge is -2.10. The molecule has 0 fully saturated rings. The van der Waals surface area contributed by atoms with Gasteiger partial charge in [0.25, 0.3) is 10.0 Å². The summed E-state index contributed by atoms with van der Waals surface area (Å²) in [5.41, 5.74) is 7.59. The standard InChI is InChI=1S/C17H21N3O3S/c1-2-17(21)19-14-7-9-16(10-8-14)24(22,23)20-15-5-3-13(4-6-15)11-12-18/h3-10,20H,2,11-12,18H2,1H3,(H,19,21). The molecule has 2 aromatic carbocycles. The second kappa shape index (κ2) is 7.94. The Morgan fingerprint density at radius 2 is 1.58 bits per heavy atom. The maximum absolute atomic E-state index is 12.4. The Labute approximate surface area is 142 Å². The van der Waals surface area contributed by atoms with E-state index in [1.54, 1.807) is 31.2 Å². The summed E-state index contributed by atoms with van der Waals surface area (Å²) in [6.45, 7) is 2.29. The third-order valence-corrected chi connectivity index (χ3v) is 4.81. The lowest BCUT2D eigenvalue weighted by molar-refractivity contribution is -0.115. The molecule has 0 aliphatic rings. The predicted molar refractivity (Wildman–Crippen MR) is 95.4 cm³/mol. The van der Waals surface area contributed by atoms with Crippen LogP contribution < -0.4 is 15.8 Å². The molecule has 0 radical (unpaired) electrons. The van der Waals surface area contributed by atoms with E-state index in [9.17, 15) is 13.2 Å². The molecule has 0 bridgehead atoms. The van der Waals surface area contributed by atoms with Crippen LogP contribution in [0.2, 0.25) is 0 Å². The fraction of sp³-hybridized carbons (Fsp3) is 0.235. The van der Waals surface area contributed by atoms with Gasteiger partial charge in [-0.15, -0.1) is 0 Å². The first kappa shape index (κ1) is 18.0. The molecule has 0 heterocycles. The Bertz CT molecular complexity index is 785. The molecule has 2 rings (SSSR count). The predicted octanol–water partition coefficient (Wildman–Crippen LogP) is 2.34. The van der Waals surface area contributed by atoms with Crippen LogP contribution in [0.4, 0.5) is 11.4 Å². The van der Waals surface area contributed by atoms with Crippen molar-refractivity contribution < 1.29 is 13.2 Å². The van der Waals surface area contributed by atoms with E-state index in [-0.39, 0.29) is 10.8 Å². The maximum Gasteiger partial charge on any atom is 0.261 e. The molecule has 0 unspecified atom stereocenters. The second-order valence-electron chi connectivity index (χ2n) is 5.27. The highest BCUT2D eigenvalue weighted by Gasteiger charge is 2.14. The van der Waals surface area contributed by atoms with Crippen molar-refractivity contribution in [3.63, 3.8) is 0 Å². The second-order valence-corrected chi connectivity index (χ2v) is 6.95. The van der Waals surface area contributed by atoms with Crippen molar-refractivity contribution >= 4 is 27.3 Å². The van der Waals surface area contributed by atoms with Gasteiger partial charge in [-0.25, -0.2) is 8.42 Å². The molecule has 0 aromatic heterocycles. The number of carbonyl (C=O) groups is 1. The molecule has 0 saturated heterocycles. The van der Waals surface area contributed by atoms with Crippen LogP contribution in [-0.2, 0) is 21.2 Å². The lowest BCUT2D eigenvalue weighted by atomic mass is 10.1. The molecule has 0 atom stereocenters. The van der Waals surface area contributed by atoms with Crippen LogP contribution in [0.15, 0.2) is 53.4 Å². The number of benzene rings is 2. The number of rotatable bonds is 7. The SMILES string of the molecule is CCC(=O)Nc1ccc(S(=O)(=O)Nc2ccc(CCN)cc2)cc1. The molecular formula is C17H21N3O3S. The first-order valence-corrected chi connectivity index (χ1v) is 9.14. The van der Waals surface area contributed by atoms with E-state index < -0.39 is 10.0 Å². The Morgan fingerprint density at radius 3 is 2.12 bits per heavy atom. The largest absolute Gasteiger partial charge is 0.330 e. The quantitative estimate of drug-likeness (QED) is 0.715. The minimum atomic E-state index is -3.68. The summed E-state index contributed by atoms with van der Waals surface area (Å²) in [4.78, 5) is 11.5. The van der Waals surface area contributed by atoms with Gasteiger partial charge >= 0.3 is 0 Å². The minimum Gasteiger partial charge on any atom is -0.330 e. The van der Waals surface area contributed by atoms with Gasteiger partial charge in [0, 0.05) is 17.8 Å². The van der Waals surface area contributed by atoms with Crippen molar-refractivity contribution in [2.75, 3.05) is 16.6 Å². The van der Waals surface area contributed by atoms with Gasteiger partial charge in [0.2, 0.25) is 5.91 Å². The summed E-state index contributed by atoms with van der Waals surface area (Å²) < 4.78 is 27.3. The summed E-state index contributed by atoms with van der Waals surface area (Å²) in [5.74, 6) is -0.124. The van der Waals surface area contributed by atoms with Gasteiger partial charge < -0.3 is 11.1 Å². The highest BCUT2D eigenvalue weighted by molar-refractivity contribution is 7.92. The lowest BCUT2D eigenvalue weighted by Crippen LogP contribution is -2.13. The van der Waals surface area contributed by atoms with E-state index >= 15 is 0 Å². The van der Waals surface area contributed by atoms with Crippen LogP contribution in [0.1, 0.15) is 18.9 Å². The van der Waals surface area contributed by atoms with Crippen molar-refractivity contribution in [1.82, 2.24) is 0 Å². The van der Waals surface area contributed by atoms with Crippen LogP contribution >= 0.6 is 0 Å². The van der Waals surface area contributed by atoms with Gasteiger partial charge in [0.15, 0.2) is 0 Å². The van der Waals surface area contributed by atoms with Crippen molar-refractivity contribution in [2.24, 2.45) is 5.73 Å². The van der Waals surface area contributed by atoms with Crippen molar-refractivity contribution in [3.05, 3.63) is 54.1 Å². The van der Waals surface area contributed by atoms with E-state index in [1.165, 1.54) is 12.1 Å². The average Bonchev–Trinajstić information content (AvgIpc) is 2.57. The number of sulfonamides is 1. The molecule has 1 amide bonds. The molecule has 2 aromatic rings. The Balaban J connectivity index is 2.10. The van der Waals surface area contributed by atoms with Gasteiger partial charge in [0.05, 0.1) is 4.90 Å². The molecule has 4 N–H and O–H groups in total. The molecule has 0 aliphatic heterocycles. The fourth-order valence-electron chi connectivity index (χ4n) is 2.09. The normalized spacial score (nSPS) is 11.1. The molecule has 24 heavy (non-hydrogen) atoms. The first-order chi connectivity index (χ1) is 11.4. The highest BCUT2D eigenvalue weighted by atomic mass is 32.2. The summed E-state index contributed by atoms with van der Waals surface area (Å²) in [6, 6.07) is 13.1. The van der Waals surface area contributed by atoms with Gasteiger partial charge in [-0.1, -0.05) is 19.1 Å². The van der Waals surface area contributed by atoms with E-state index in [4.69, 9.17) is 5.73 Å². The number of nitrogens with two attached hydrogens (primary N) is 1. The number of hydrogen-bond donors (Lipinski definition) is 3. The maximum atomic E-state index is 12.4. The van der Waals surface area contributed by atoms with Crippen LogP contribution in [0.3, 0.4) is 0 Å². The van der Waals surface area contributed by atoms with Crippen LogP contribution in [-0.4, -0.2) is 20.9 Å². The molecule has 6 nitrogen and oxygen atoms in total. The van der Waals surface area contributed by atoms with Crippen LogP contribution in [0.25, 0.3) is 0 Å². The monoisotopic (exact) mass is 347 g/mol. The van der Waals surface area contributed by atoms with Crippen LogP contribution in [0.5, 0.6) is 0 Å². The topological polar surface area (TPSA) is 101 Å². The zero-order chi connectivity index (χ0) is 17.6. The van der Waals surface area contributed by atoms with Crippen LogP contribution in [0, 0.1) is 0 Å². The Morgan fingerprint density at radius 1 is 1.00 bits per heavy atom. The number of carbonyl (C=O) groups excluding carboxylic acids is 1. The van der Waals surface area contributed by atoms with E-state index in [0.717, 1.165) is 12.0 Å². The molecule has 128 valence electrons. The summed E-state index contributed by atoms with van der Waals surface area (Å²) in [7, 11) is -3.68. The van der Waals surface area contributed by atoms with E-state index in [0.29, 0.717) is 24.3 Å². The van der Waals surface area contributed by atoms with Crippen molar-refractivity contribution in [3.8, 4) is 0 Å². The van der Waals surface area contributed by atoms with Gasteiger partial charge in [-0.2, -0.15) is 0 Å². The highest BCUT2D eigenvalue weighted by Crippen LogP contribution is 2.19. The summed E-state index contributed by atoms with van der Waals surface area (Å²) in [5, 5.41) is 2.67. The smallest absolute Gasteiger partial charge is 0.261 e. The number of nitrogens with one attached hydrogen (secondary N) is 2. The van der Waals surface area contributed by atoms with Gasteiger partial charge in [-0.3, -0.25) is 9.52 Å². The van der Waals surface area contributed by atoms with E-state index in [2.05, 4.69) is 10.0 Å². The third-order valence-electron chi connectivity index (χ3n) is 3.41. The number of amides is 1. The molecule has 7 heteroatoms. The zero-order valence-corrected chi connectivity index (χ0v) is 14.3. The number of anilines is 2. The van der Waals surface area contributed by atoms with Gasteiger partial charge in [-0.05, 0) is 54.9 Å². The van der Waals surface area contributed by atoms with Crippen molar-refractivity contribution in [1.29, 1.82) is 0 Å². The molecular weight excluding hydrogens is 326 g/mol.